The molecular weight excluding hydrogens is 247 g/mol. The van der Waals surface area contributed by atoms with Crippen LogP contribution < -0.4 is 11.3 Å². The Hall–Kier alpha value is -1.41. The first-order valence-corrected chi connectivity index (χ1v) is 5.40. The number of nitrogen functional groups attached to an aromatic ring is 1. The van der Waals surface area contributed by atoms with Crippen LogP contribution in [0, 0.1) is 0 Å². The van der Waals surface area contributed by atoms with E-state index in [1.54, 1.807) is 13.8 Å². The van der Waals surface area contributed by atoms with Crippen molar-refractivity contribution in [2.24, 2.45) is 5.84 Å². The molecule has 0 aliphatic rings. The van der Waals surface area contributed by atoms with Gasteiger partial charge in [-0.05, 0) is 13.8 Å². The fourth-order valence-corrected chi connectivity index (χ4v) is 1.37. The summed E-state index contributed by atoms with van der Waals surface area (Å²) < 4.78 is 37.1. The average molecular weight is 263 g/mol. The van der Waals surface area contributed by atoms with E-state index in [1.807, 2.05) is 0 Å². The van der Waals surface area contributed by atoms with Crippen LogP contribution in [-0.2, 0) is 6.54 Å². The van der Waals surface area contributed by atoms with Crippen molar-refractivity contribution in [3.63, 3.8) is 0 Å². The second kappa shape index (κ2) is 5.96. The van der Waals surface area contributed by atoms with E-state index in [1.165, 1.54) is 17.3 Å². The second-order valence-corrected chi connectivity index (χ2v) is 4.15. The van der Waals surface area contributed by atoms with Crippen LogP contribution in [0.2, 0.25) is 0 Å². The number of anilines is 1. The molecule has 0 spiro atoms. The normalized spacial score (nSPS) is 12.2. The van der Waals surface area contributed by atoms with E-state index < -0.39 is 12.7 Å². The predicted octanol–water partition coefficient (Wildman–Crippen LogP) is 1.53. The first kappa shape index (κ1) is 14.7. The molecule has 0 aliphatic heterocycles. The summed E-state index contributed by atoms with van der Waals surface area (Å²) in [5.74, 6) is 5.49. The molecule has 3 N–H and O–H groups in total. The maximum absolute atomic E-state index is 12.4. The number of halogens is 3. The minimum Gasteiger partial charge on any atom is -0.307 e. The fourth-order valence-electron chi connectivity index (χ4n) is 1.37. The van der Waals surface area contributed by atoms with E-state index in [4.69, 9.17) is 5.84 Å². The number of nitrogens with two attached hydrogens (primary N) is 1. The highest BCUT2D eigenvalue weighted by atomic mass is 19.4. The number of aromatic nitrogens is 2. The molecule has 0 aliphatic carbocycles. The standard InChI is InChI=1S/C10H16F3N5/c1-7(2)18(6-10(11,12)13)5-8-3-16-9(17-14)4-15-8/h3-4,7H,5-6,14H2,1-2H3,(H,16,17). The van der Waals surface area contributed by atoms with Gasteiger partial charge in [-0.1, -0.05) is 0 Å². The van der Waals surface area contributed by atoms with Gasteiger partial charge >= 0.3 is 6.18 Å². The Kier molecular flexibility index (Phi) is 4.85. The van der Waals surface area contributed by atoms with Gasteiger partial charge in [0, 0.05) is 12.6 Å². The largest absolute Gasteiger partial charge is 0.401 e. The first-order chi connectivity index (χ1) is 8.31. The van der Waals surface area contributed by atoms with Crippen molar-refractivity contribution >= 4 is 5.82 Å². The van der Waals surface area contributed by atoms with Crippen LogP contribution in [0.1, 0.15) is 19.5 Å². The van der Waals surface area contributed by atoms with E-state index in [9.17, 15) is 13.2 Å². The number of nitrogens with one attached hydrogen (secondary N) is 1. The van der Waals surface area contributed by atoms with Crippen LogP contribution in [0.25, 0.3) is 0 Å². The molecule has 0 unspecified atom stereocenters. The minimum absolute atomic E-state index is 0.0923. The molecule has 8 heteroatoms. The molecule has 0 saturated heterocycles. The van der Waals surface area contributed by atoms with E-state index in [0.29, 0.717) is 11.5 Å². The van der Waals surface area contributed by atoms with Crippen molar-refractivity contribution in [2.45, 2.75) is 32.6 Å². The van der Waals surface area contributed by atoms with Gasteiger partial charge in [0.2, 0.25) is 0 Å². The molecule has 1 aromatic rings. The molecular formula is C10H16F3N5. The summed E-state index contributed by atoms with van der Waals surface area (Å²) >= 11 is 0. The highest BCUT2D eigenvalue weighted by molar-refractivity contribution is 5.28. The molecule has 0 atom stereocenters. The highest BCUT2D eigenvalue weighted by Gasteiger charge is 2.31. The number of hydrogen-bond acceptors (Lipinski definition) is 5. The van der Waals surface area contributed by atoms with Crippen LogP contribution >= 0.6 is 0 Å². The van der Waals surface area contributed by atoms with Crippen LogP contribution in [-0.4, -0.2) is 33.6 Å². The average Bonchev–Trinajstić information content (AvgIpc) is 2.27. The van der Waals surface area contributed by atoms with Gasteiger partial charge in [0.15, 0.2) is 5.82 Å². The Bertz CT molecular complexity index is 363. The topological polar surface area (TPSA) is 67.1 Å². The van der Waals surface area contributed by atoms with Crippen molar-refractivity contribution in [2.75, 3.05) is 12.0 Å². The number of hydrazine groups is 1. The number of alkyl halides is 3. The summed E-state index contributed by atoms with van der Waals surface area (Å²) in [6, 6.07) is -0.235. The summed E-state index contributed by atoms with van der Waals surface area (Å²) in [6.45, 7) is 2.53. The third-order valence-corrected chi connectivity index (χ3v) is 2.33. The van der Waals surface area contributed by atoms with Crippen LogP contribution in [0.15, 0.2) is 12.4 Å². The Morgan fingerprint density at radius 1 is 1.33 bits per heavy atom. The second-order valence-electron chi connectivity index (χ2n) is 4.15. The Labute approximate surface area is 103 Å². The van der Waals surface area contributed by atoms with Gasteiger partial charge in [0.25, 0.3) is 0 Å². The quantitative estimate of drug-likeness (QED) is 0.623. The molecule has 0 amide bonds. The Morgan fingerprint density at radius 2 is 2.00 bits per heavy atom. The maximum atomic E-state index is 12.4. The summed E-state index contributed by atoms with van der Waals surface area (Å²) in [5.41, 5.74) is 2.77. The van der Waals surface area contributed by atoms with Crippen LogP contribution in [0.4, 0.5) is 19.0 Å². The molecule has 0 aromatic carbocycles. The molecule has 0 fully saturated rings. The zero-order valence-corrected chi connectivity index (χ0v) is 10.2. The Balaban J connectivity index is 2.70. The van der Waals surface area contributed by atoms with Gasteiger partial charge in [-0.2, -0.15) is 13.2 Å². The van der Waals surface area contributed by atoms with E-state index in [2.05, 4.69) is 15.4 Å². The van der Waals surface area contributed by atoms with E-state index in [-0.39, 0.29) is 12.6 Å². The third-order valence-electron chi connectivity index (χ3n) is 2.33. The van der Waals surface area contributed by atoms with Crippen molar-refractivity contribution in [1.82, 2.24) is 14.9 Å². The van der Waals surface area contributed by atoms with Gasteiger partial charge in [0.1, 0.15) is 0 Å². The Morgan fingerprint density at radius 3 is 2.39 bits per heavy atom. The van der Waals surface area contributed by atoms with Gasteiger partial charge in [-0.15, -0.1) is 0 Å². The van der Waals surface area contributed by atoms with Gasteiger partial charge in [-0.25, -0.2) is 10.8 Å². The van der Waals surface area contributed by atoms with Crippen molar-refractivity contribution in [3.8, 4) is 0 Å². The third kappa shape index (κ3) is 4.84. The lowest BCUT2D eigenvalue weighted by atomic mass is 10.3. The summed E-state index contributed by atoms with van der Waals surface area (Å²) in [5, 5.41) is 0. The predicted molar refractivity (Wildman–Crippen MR) is 61.4 cm³/mol. The number of rotatable bonds is 5. The molecule has 102 valence electrons. The number of nitrogens with zero attached hydrogens (tertiary/aromatic N) is 3. The van der Waals surface area contributed by atoms with Gasteiger partial charge in [-0.3, -0.25) is 9.88 Å². The molecule has 18 heavy (non-hydrogen) atoms. The molecule has 5 nitrogen and oxygen atoms in total. The lowest BCUT2D eigenvalue weighted by Gasteiger charge is -2.26. The lowest BCUT2D eigenvalue weighted by molar-refractivity contribution is -0.151. The summed E-state index contributed by atoms with van der Waals surface area (Å²) in [6.07, 6.45) is -1.45. The fraction of sp³-hybridized carbons (Fsp3) is 0.600. The molecule has 1 rings (SSSR count). The smallest absolute Gasteiger partial charge is 0.307 e. The minimum atomic E-state index is -4.23. The highest BCUT2D eigenvalue weighted by Crippen LogP contribution is 2.19. The van der Waals surface area contributed by atoms with E-state index >= 15 is 0 Å². The van der Waals surface area contributed by atoms with Gasteiger partial charge < -0.3 is 5.43 Å². The monoisotopic (exact) mass is 263 g/mol. The summed E-state index contributed by atoms with van der Waals surface area (Å²) in [4.78, 5) is 9.16. The van der Waals surface area contributed by atoms with Crippen molar-refractivity contribution in [1.29, 1.82) is 0 Å². The first-order valence-electron chi connectivity index (χ1n) is 5.40. The zero-order chi connectivity index (χ0) is 13.8. The van der Waals surface area contributed by atoms with E-state index in [0.717, 1.165) is 0 Å². The molecule has 0 radical (unpaired) electrons. The van der Waals surface area contributed by atoms with Crippen LogP contribution in [0.3, 0.4) is 0 Å². The molecule has 1 heterocycles. The number of hydrogen-bond donors (Lipinski definition) is 2. The summed E-state index contributed by atoms with van der Waals surface area (Å²) in [7, 11) is 0. The molecule has 1 aromatic heterocycles. The van der Waals surface area contributed by atoms with Crippen molar-refractivity contribution in [3.05, 3.63) is 18.1 Å². The maximum Gasteiger partial charge on any atom is 0.401 e. The SMILES string of the molecule is CC(C)N(Cc1cnc(NN)cn1)CC(F)(F)F. The zero-order valence-electron chi connectivity index (χ0n) is 10.2. The molecule has 0 saturated carbocycles. The lowest BCUT2D eigenvalue weighted by Crippen LogP contribution is -2.38. The van der Waals surface area contributed by atoms with Crippen molar-refractivity contribution < 1.29 is 13.2 Å². The molecule has 0 bridgehead atoms. The van der Waals surface area contributed by atoms with Gasteiger partial charge in [0.05, 0.1) is 24.6 Å². The van der Waals surface area contributed by atoms with Crippen LogP contribution in [0.5, 0.6) is 0 Å².